The van der Waals surface area contributed by atoms with Gasteiger partial charge >= 0.3 is 0 Å². The molecule has 0 saturated carbocycles. The molecule has 0 saturated heterocycles. The van der Waals surface area contributed by atoms with Crippen LogP contribution in [-0.4, -0.2) is 0 Å². The number of fused-ring (bicyclic) bond motifs is 7. The number of nitrogens with zero attached hydrogens (tertiary/aromatic N) is 2. The average Bonchev–Trinajstić information content (AvgIpc) is 3.58. The molecule has 2 nitrogen and oxygen atoms in total. The lowest BCUT2D eigenvalue weighted by Crippen LogP contribution is -2.12. The zero-order valence-corrected chi connectivity index (χ0v) is 34.3. The Kier molecular flexibility index (Phi) is 8.38. The summed E-state index contributed by atoms with van der Waals surface area (Å²) < 4.78 is 0. The minimum absolute atomic E-state index is 1.01. The van der Waals surface area contributed by atoms with Crippen LogP contribution in [0.1, 0.15) is 27.8 Å². The van der Waals surface area contributed by atoms with Gasteiger partial charge in [-0.3, -0.25) is 0 Å². The molecule has 2 aliphatic heterocycles. The molecule has 0 unspecified atom stereocenters. The highest BCUT2D eigenvalue weighted by molar-refractivity contribution is 6.23. The maximum absolute atomic E-state index is 2.51. The van der Waals surface area contributed by atoms with Crippen molar-refractivity contribution in [3.63, 3.8) is 0 Å². The smallest absolute Gasteiger partial charge is 0.0493 e. The Balaban J connectivity index is 1.20. The summed E-state index contributed by atoms with van der Waals surface area (Å²) in [6.45, 7) is 2.21. The molecular weight excluding hydrogens is 737 g/mol. The van der Waals surface area contributed by atoms with Crippen LogP contribution < -0.4 is 9.80 Å². The summed E-state index contributed by atoms with van der Waals surface area (Å²) in [5, 5.41) is 7.47. The van der Waals surface area contributed by atoms with Crippen LogP contribution in [0.3, 0.4) is 0 Å². The topological polar surface area (TPSA) is 6.48 Å². The summed E-state index contributed by atoms with van der Waals surface area (Å²) in [7, 11) is 0. The van der Waals surface area contributed by atoms with E-state index in [0.29, 0.717) is 0 Å². The van der Waals surface area contributed by atoms with E-state index in [9.17, 15) is 0 Å². The van der Waals surface area contributed by atoms with Gasteiger partial charge in [-0.05, 0) is 164 Å². The van der Waals surface area contributed by atoms with Crippen LogP contribution in [0.4, 0.5) is 34.1 Å². The maximum Gasteiger partial charge on any atom is 0.0493 e. The molecule has 0 N–H and O–H groups in total. The second-order valence-corrected chi connectivity index (χ2v) is 16.8. The molecule has 10 aromatic carbocycles. The van der Waals surface area contributed by atoms with E-state index in [0.717, 1.165) is 25.7 Å². The first-order valence-corrected chi connectivity index (χ1v) is 21.7. The van der Waals surface area contributed by atoms with Gasteiger partial charge in [-0.25, -0.2) is 0 Å². The minimum Gasteiger partial charge on any atom is -0.310 e. The molecular formula is C59H44N2. The fourth-order valence-corrected chi connectivity index (χ4v) is 10.4. The fraction of sp³-hybridized carbons (Fsp3) is 0.0847. The van der Waals surface area contributed by atoms with Crippen LogP contribution in [0, 0.1) is 6.92 Å². The van der Waals surface area contributed by atoms with Gasteiger partial charge in [0.25, 0.3) is 0 Å². The molecule has 10 aromatic rings. The molecule has 0 radical (unpaired) electrons. The molecule has 0 spiro atoms. The van der Waals surface area contributed by atoms with Crippen molar-refractivity contribution in [2.45, 2.75) is 32.6 Å². The molecule has 2 heterocycles. The van der Waals surface area contributed by atoms with E-state index in [1.165, 1.54) is 117 Å². The molecule has 0 atom stereocenters. The molecule has 0 bridgehead atoms. The monoisotopic (exact) mass is 780 g/mol. The molecule has 290 valence electrons. The number of para-hydroxylation sites is 4. The molecule has 61 heavy (non-hydrogen) atoms. The summed E-state index contributed by atoms with van der Waals surface area (Å²) in [4.78, 5) is 5.02. The second kappa shape index (κ2) is 14.4. The van der Waals surface area contributed by atoms with E-state index < -0.39 is 0 Å². The summed E-state index contributed by atoms with van der Waals surface area (Å²) in [6, 6.07) is 75.2. The zero-order chi connectivity index (χ0) is 40.4. The number of aryl methyl sites for hydroxylation is 5. The third kappa shape index (κ3) is 5.93. The van der Waals surface area contributed by atoms with Crippen LogP contribution in [0.25, 0.3) is 54.6 Å². The predicted octanol–water partition coefficient (Wildman–Crippen LogP) is 15.9. The van der Waals surface area contributed by atoms with E-state index in [2.05, 4.69) is 217 Å². The Morgan fingerprint density at radius 2 is 0.738 bits per heavy atom. The van der Waals surface area contributed by atoms with Crippen molar-refractivity contribution in [2.24, 2.45) is 0 Å². The molecule has 0 fully saturated rings. The van der Waals surface area contributed by atoms with Crippen molar-refractivity contribution in [3.05, 3.63) is 228 Å². The van der Waals surface area contributed by atoms with Crippen LogP contribution in [-0.2, 0) is 25.7 Å². The molecule has 0 amide bonds. The number of anilines is 6. The normalized spacial score (nSPS) is 13.3. The number of benzene rings is 10. The largest absolute Gasteiger partial charge is 0.310 e. The first-order chi connectivity index (χ1) is 30.2. The van der Waals surface area contributed by atoms with Crippen LogP contribution in [0.5, 0.6) is 0 Å². The van der Waals surface area contributed by atoms with Crippen molar-refractivity contribution < 1.29 is 0 Å². The number of hydrogen-bond acceptors (Lipinski definition) is 2. The Bertz CT molecular complexity index is 3260. The van der Waals surface area contributed by atoms with Gasteiger partial charge in [-0.15, -0.1) is 0 Å². The van der Waals surface area contributed by atoms with Crippen molar-refractivity contribution in [1.82, 2.24) is 0 Å². The molecule has 12 rings (SSSR count). The van der Waals surface area contributed by atoms with E-state index >= 15 is 0 Å². The molecule has 2 aliphatic rings. The number of rotatable bonds is 4. The van der Waals surface area contributed by atoms with E-state index in [4.69, 9.17) is 0 Å². The van der Waals surface area contributed by atoms with Gasteiger partial charge < -0.3 is 9.80 Å². The first-order valence-electron chi connectivity index (χ1n) is 21.7. The first kappa shape index (κ1) is 35.5. The predicted molar refractivity (Wildman–Crippen MR) is 259 cm³/mol. The van der Waals surface area contributed by atoms with Gasteiger partial charge in [0.05, 0.1) is 0 Å². The summed E-state index contributed by atoms with van der Waals surface area (Å²) in [5.41, 5.74) is 19.0. The molecule has 0 aliphatic carbocycles. The Hall–Kier alpha value is -7.42. The highest BCUT2D eigenvalue weighted by atomic mass is 15.2. The van der Waals surface area contributed by atoms with Crippen molar-refractivity contribution in [1.29, 1.82) is 0 Å². The lowest BCUT2D eigenvalue weighted by molar-refractivity contribution is 0.977. The van der Waals surface area contributed by atoms with Crippen molar-refractivity contribution >= 4 is 66.4 Å². The second-order valence-electron chi connectivity index (χ2n) is 16.8. The van der Waals surface area contributed by atoms with Gasteiger partial charge in [-0.2, -0.15) is 0 Å². The highest BCUT2D eigenvalue weighted by Crippen LogP contribution is 2.50. The SMILES string of the molecule is Cc1cccc(-c2c3ccc(N4c5ccccc5CCc5ccccc54)cc3c(-c3ccc4ccccc4c3)c3ccc(N4c5ccccc5CCc5ccccc54)cc23)c1. The number of hydrogen-bond donors (Lipinski definition) is 0. The Morgan fingerprint density at radius 3 is 1.21 bits per heavy atom. The van der Waals surface area contributed by atoms with Gasteiger partial charge in [0.15, 0.2) is 0 Å². The van der Waals surface area contributed by atoms with Crippen molar-refractivity contribution in [2.75, 3.05) is 9.80 Å². The van der Waals surface area contributed by atoms with E-state index in [1.807, 2.05) is 0 Å². The third-order valence-corrected chi connectivity index (χ3v) is 13.2. The van der Waals surface area contributed by atoms with Gasteiger partial charge in [0.1, 0.15) is 0 Å². The molecule has 0 aromatic heterocycles. The van der Waals surface area contributed by atoms with Crippen LogP contribution >= 0.6 is 0 Å². The lowest BCUT2D eigenvalue weighted by Gasteiger charge is -2.29. The molecule has 2 heteroatoms. The maximum atomic E-state index is 2.51. The lowest BCUT2D eigenvalue weighted by atomic mass is 9.84. The van der Waals surface area contributed by atoms with Crippen molar-refractivity contribution in [3.8, 4) is 22.3 Å². The third-order valence-electron chi connectivity index (χ3n) is 13.2. The van der Waals surface area contributed by atoms with E-state index in [1.54, 1.807) is 0 Å². The highest BCUT2D eigenvalue weighted by Gasteiger charge is 2.26. The zero-order valence-electron chi connectivity index (χ0n) is 34.3. The summed E-state index contributed by atoms with van der Waals surface area (Å²) >= 11 is 0. The van der Waals surface area contributed by atoms with Crippen LogP contribution in [0.15, 0.2) is 200 Å². The Labute approximate surface area is 357 Å². The van der Waals surface area contributed by atoms with Crippen LogP contribution in [0.2, 0.25) is 0 Å². The summed E-state index contributed by atoms with van der Waals surface area (Å²) in [5.74, 6) is 0. The standard InChI is InChI=1S/C59H44N2/c1-39-13-12-20-46(35-39)58-50-33-31-49(61-56-23-10-6-17-43(56)28-29-44-18-7-11-24-57(44)61)38-53(50)59(47-30-25-40-14-2-3-19-45(40)36-47)51-34-32-48(37-52(51)58)60-54-21-8-4-15-41(54)26-27-42-16-5-9-22-55(42)60/h2-25,30-38H,26-29H2,1H3. The van der Waals surface area contributed by atoms with Gasteiger partial charge in [0, 0.05) is 34.1 Å². The minimum atomic E-state index is 1.01. The average molecular weight is 781 g/mol. The van der Waals surface area contributed by atoms with Gasteiger partial charge in [-0.1, -0.05) is 151 Å². The van der Waals surface area contributed by atoms with E-state index in [-0.39, 0.29) is 0 Å². The summed E-state index contributed by atoms with van der Waals surface area (Å²) in [6.07, 6.45) is 4.04. The van der Waals surface area contributed by atoms with Gasteiger partial charge in [0.2, 0.25) is 0 Å². The fourth-order valence-electron chi connectivity index (χ4n) is 10.4. The Morgan fingerprint density at radius 1 is 0.311 bits per heavy atom. The quantitative estimate of drug-likeness (QED) is 0.164.